The zero-order chi connectivity index (χ0) is 13.3. The maximum Gasteiger partial charge on any atom is 0.354 e. The second-order valence-electron chi connectivity index (χ2n) is 3.15. The van der Waals surface area contributed by atoms with Crippen molar-refractivity contribution in [3.05, 3.63) is 23.5 Å². The molecular weight excluding hydrogens is 241 g/mol. The summed E-state index contributed by atoms with van der Waals surface area (Å²) in [6, 6.07) is 0. The van der Waals surface area contributed by atoms with Crippen LogP contribution in [0, 0.1) is 0 Å². The molecule has 0 saturated carbocycles. The van der Waals surface area contributed by atoms with E-state index in [4.69, 9.17) is 9.05 Å². The predicted octanol–water partition coefficient (Wildman–Crippen LogP) is 2.46. The van der Waals surface area contributed by atoms with Gasteiger partial charge in [0.1, 0.15) is 0 Å². The third-order valence-corrected chi connectivity index (χ3v) is 3.59. The van der Waals surface area contributed by atoms with E-state index in [1.807, 2.05) is 0 Å². The number of allylic oxidation sites excluding steroid dienone is 2. The maximum atomic E-state index is 12.0. The van der Waals surface area contributed by atoms with Crippen molar-refractivity contribution in [1.82, 2.24) is 5.32 Å². The van der Waals surface area contributed by atoms with Gasteiger partial charge in [-0.2, -0.15) is 0 Å². The van der Waals surface area contributed by atoms with E-state index >= 15 is 0 Å². The highest BCUT2D eigenvalue weighted by Crippen LogP contribution is 2.49. The van der Waals surface area contributed by atoms with Crippen LogP contribution in [0.4, 0.5) is 0 Å². The Kier molecular flexibility index (Phi) is 7.79. The van der Waals surface area contributed by atoms with E-state index in [2.05, 4.69) is 5.32 Å². The summed E-state index contributed by atoms with van der Waals surface area (Å²) < 4.78 is 22.1. The first-order valence-corrected chi connectivity index (χ1v) is 7.07. The van der Waals surface area contributed by atoms with Gasteiger partial charge >= 0.3 is 7.60 Å². The Balaban J connectivity index is 4.66. The van der Waals surface area contributed by atoms with Gasteiger partial charge in [0.15, 0.2) is 0 Å². The van der Waals surface area contributed by atoms with Gasteiger partial charge in [-0.15, -0.1) is 0 Å². The number of hydrogen-bond acceptors (Lipinski definition) is 4. The third-order valence-electron chi connectivity index (χ3n) is 1.82. The summed E-state index contributed by atoms with van der Waals surface area (Å²) in [5.41, 5.74) is 0.517. The van der Waals surface area contributed by atoms with Crippen molar-refractivity contribution in [1.29, 1.82) is 0 Å². The summed E-state index contributed by atoms with van der Waals surface area (Å²) in [6.45, 7) is 5.76. The van der Waals surface area contributed by atoms with E-state index in [9.17, 15) is 9.36 Å². The average molecular weight is 261 g/mol. The number of rotatable bonds is 7. The van der Waals surface area contributed by atoms with Crippen LogP contribution in [0.15, 0.2) is 23.5 Å². The van der Waals surface area contributed by atoms with Gasteiger partial charge in [-0.05, 0) is 20.8 Å². The molecule has 1 amide bonds. The lowest BCUT2D eigenvalue weighted by Gasteiger charge is -2.12. The Labute approximate surface area is 102 Å². The molecule has 5 nitrogen and oxygen atoms in total. The Morgan fingerprint density at radius 3 is 2.24 bits per heavy atom. The molecule has 0 aromatic rings. The first-order chi connectivity index (χ1) is 7.99. The molecular formula is C11H20NO4P. The summed E-state index contributed by atoms with van der Waals surface area (Å²) in [7, 11) is -1.62. The lowest BCUT2D eigenvalue weighted by molar-refractivity contribution is -0.116. The second kappa shape index (κ2) is 8.23. The molecule has 0 spiro atoms. The Morgan fingerprint density at radius 1 is 1.29 bits per heavy atom. The molecule has 0 fully saturated rings. The highest BCUT2D eigenvalue weighted by molar-refractivity contribution is 7.57. The molecule has 0 bridgehead atoms. The van der Waals surface area contributed by atoms with Crippen molar-refractivity contribution in [2.45, 2.75) is 20.8 Å². The topological polar surface area (TPSA) is 64.6 Å². The third kappa shape index (κ3) is 6.41. The van der Waals surface area contributed by atoms with Crippen molar-refractivity contribution >= 4 is 13.5 Å². The van der Waals surface area contributed by atoms with E-state index in [1.165, 1.54) is 11.9 Å². The molecule has 0 saturated heterocycles. The van der Waals surface area contributed by atoms with Crippen molar-refractivity contribution in [3.63, 3.8) is 0 Å². The number of hydrogen-bond donors (Lipinski definition) is 1. The van der Waals surface area contributed by atoms with E-state index < -0.39 is 7.60 Å². The fourth-order valence-electron chi connectivity index (χ4n) is 1.05. The summed E-state index contributed by atoms with van der Waals surface area (Å²) >= 11 is 0. The van der Waals surface area contributed by atoms with Crippen LogP contribution >= 0.6 is 7.60 Å². The summed E-state index contributed by atoms with van der Waals surface area (Å²) in [5, 5.41) is 2.49. The largest absolute Gasteiger partial charge is 0.355 e. The fraction of sp³-hybridized carbons (Fsp3) is 0.545. The van der Waals surface area contributed by atoms with Crippen LogP contribution in [0.5, 0.6) is 0 Å². The average Bonchev–Trinajstić information content (AvgIpc) is 2.28. The Morgan fingerprint density at radius 2 is 1.82 bits per heavy atom. The van der Waals surface area contributed by atoms with Gasteiger partial charge in [0.2, 0.25) is 5.91 Å². The molecule has 6 heteroatoms. The van der Waals surface area contributed by atoms with Crippen molar-refractivity contribution in [2.24, 2.45) is 0 Å². The maximum absolute atomic E-state index is 12.0. The minimum Gasteiger partial charge on any atom is -0.355 e. The molecule has 0 radical (unpaired) electrons. The standard InChI is InChI=1S/C11H20NO4P/c1-5-15-17(14,16-6-2)9-7-8-10(3)11(13)12-4/h7-9H,5-6H2,1-4H3,(H,12,13)/b9-7+,10-8-. The van der Waals surface area contributed by atoms with Crippen molar-refractivity contribution < 1.29 is 18.4 Å². The van der Waals surface area contributed by atoms with Gasteiger partial charge in [0, 0.05) is 18.4 Å². The summed E-state index contributed by atoms with van der Waals surface area (Å²) in [4.78, 5) is 11.2. The smallest absolute Gasteiger partial charge is 0.354 e. The molecule has 98 valence electrons. The molecule has 1 N–H and O–H groups in total. The van der Waals surface area contributed by atoms with E-state index in [1.54, 1.807) is 33.9 Å². The van der Waals surface area contributed by atoms with Crippen LogP contribution in [0.3, 0.4) is 0 Å². The summed E-state index contributed by atoms with van der Waals surface area (Å²) in [5.74, 6) is 1.17. The first-order valence-electron chi connectivity index (χ1n) is 5.46. The fourth-order valence-corrected chi connectivity index (χ4v) is 2.31. The molecule has 0 aliphatic heterocycles. The molecule has 0 aliphatic carbocycles. The Hall–Kier alpha value is -0.900. The molecule has 0 aliphatic rings. The van der Waals surface area contributed by atoms with Crippen LogP contribution in [0.25, 0.3) is 0 Å². The molecule has 17 heavy (non-hydrogen) atoms. The summed E-state index contributed by atoms with van der Waals surface area (Å²) in [6.07, 6.45) is 3.07. The normalized spacial score (nSPS) is 13.1. The van der Waals surface area contributed by atoms with E-state index in [0.29, 0.717) is 18.8 Å². The quantitative estimate of drug-likeness (QED) is 0.434. The highest BCUT2D eigenvalue weighted by Gasteiger charge is 2.18. The second-order valence-corrected chi connectivity index (χ2v) is 5.04. The van der Waals surface area contributed by atoms with Gasteiger partial charge in [0.05, 0.1) is 13.2 Å². The first kappa shape index (κ1) is 16.1. The van der Waals surface area contributed by atoms with Gasteiger partial charge in [-0.3, -0.25) is 9.36 Å². The van der Waals surface area contributed by atoms with Gasteiger partial charge in [-0.1, -0.05) is 12.2 Å². The van der Waals surface area contributed by atoms with Gasteiger partial charge in [-0.25, -0.2) is 0 Å². The van der Waals surface area contributed by atoms with Crippen LogP contribution < -0.4 is 5.32 Å². The lowest BCUT2D eigenvalue weighted by Crippen LogP contribution is -2.18. The molecule has 0 unspecified atom stereocenters. The monoisotopic (exact) mass is 261 g/mol. The molecule has 0 heterocycles. The van der Waals surface area contributed by atoms with E-state index in [0.717, 1.165) is 0 Å². The highest BCUT2D eigenvalue weighted by atomic mass is 31.2. The zero-order valence-corrected chi connectivity index (χ0v) is 11.6. The molecule has 0 atom stereocenters. The minimum atomic E-state index is -3.17. The number of carbonyl (C=O) groups is 1. The minimum absolute atomic E-state index is 0.183. The van der Waals surface area contributed by atoms with E-state index in [-0.39, 0.29) is 5.91 Å². The lowest BCUT2D eigenvalue weighted by atomic mass is 10.2. The van der Waals surface area contributed by atoms with Crippen LogP contribution in [0.2, 0.25) is 0 Å². The number of nitrogens with one attached hydrogen (secondary N) is 1. The molecule has 0 aromatic heterocycles. The van der Waals surface area contributed by atoms with Crippen LogP contribution in [0.1, 0.15) is 20.8 Å². The molecule has 0 aromatic carbocycles. The SMILES string of the molecule is CCOP(=O)(/C=C/C=C(/C)C(=O)NC)OCC. The number of carbonyl (C=O) groups excluding carboxylic acids is 1. The predicted molar refractivity (Wildman–Crippen MR) is 67.8 cm³/mol. The van der Waals surface area contributed by atoms with Gasteiger partial charge < -0.3 is 14.4 Å². The van der Waals surface area contributed by atoms with Crippen molar-refractivity contribution in [3.8, 4) is 0 Å². The zero-order valence-electron chi connectivity index (χ0n) is 10.7. The van der Waals surface area contributed by atoms with Gasteiger partial charge in [0.25, 0.3) is 0 Å². The van der Waals surface area contributed by atoms with Crippen LogP contribution in [-0.4, -0.2) is 26.2 Å². The van der Waals surface area contributed by atoms with Crippen LogP contribution in [-0.2, 0) is 18.4 Å². The van der Waals surface area contributed by atoms with Crippen molar-refractivity contribution in [2.75, 3.05) is 20.3 Å². The number of amides is 1. The number of likely N-dealkylation sites (N-methyl/N-ethyl adjacent to an activating group) is 1. The molecule has 0 rings (SSSR count). The Bertz CT molecular complexity index is 339.